The van der Waals surface area contributed by atoms with Crippen molar-refractivity contribution >= 4 is 23.4 Å². The number of rotatable bonds is 10. The van der Waals surface area contributed by atoms with Crippen molar-refractivity contribution in [2.75, 3.05) is 13.2 Å². The van der Waals surface area contributed by atoms with Crippen molar-refractivity contribution in [2.24, 2.45) is 0 Å². The van der Waals surface area contributed by atoms with Crippen molar-refractivity contribution in [3.63, 3.8) is 0 Å². The van der Waals surface area contributed by atoms with Gasteiger partial charge in [-0.3, -0.25) is 4.79 Å². The van der Waals surface area contributed by atoms with E-state index in [0.717, 1.165) is 0 Å². The summed E-state index contributed by atoms with van der Waals surface area (Å²) in [5, 5.41) is 0.167. The number of halogens is 1. The van der Waals surface area contributed by atoms with Gasteiger partial charge in [-0.1, -0.05) is 70.3 Å². The highest BCUT2D eigenvalue weighted by Gasteiger charge is 2.19. The molecule has 0 saturated heterocycles. The van der Waals surface area contributed by atoms with E-state index in [9.17, 15) is 9.59 Å². The number of hydrogen-bond donors (Lipinski definition) is 0. The molecular weight excluding hydrogens is 364 g/mol. The van der Waals surface area contributed by atoms with E-state index in [0.29, 0.717) is 5.57 Å². The quantitative estimate of drug-likeness (QED) is 0.194. The van der Waals surface area contributed by atoms with Crippen LogP contribution >= 0.6 is 11.6 Å². The lowest BCUT2D eigenvalue weighted by atomic mass is 10.00. The van der Waals surface area contributed by atoms with Crippen molar-refractivity contribution in [2.45, 2.75) is 42.0 Å². The molecule has 0 aliphatic rings. The predicted molar refractivity (Wildman–Crippen MR) is 116 cm³/mol. The maximum Gasteiger partial charge on any atom is 0.344 e. The van der Waals surface area contributed by atoms with Crippen molar-refractivity contribution in [3.8, 4) is 0 Å². The first kappa shape index (κ1) is 29.4. The molecule has 152 valence electrons. The summed E-state index contributed by atoms with van der Waals surface area (Å²) in [7, 11) is 0. The van der Waals surface area contributed by atoms with Gasteiger partial charge in [-0.2, -0.15) is 0 Å². The first-order chi connectivity index (χ1) is 12.4. The lowest BCUT2D eigenvalue weighted by Gasteiger charge is -2.13. The summed E-state index contributed by atoms with van der Waals surface area (Å²) in [6.45, 7) is 16.2. The Hall–Kier alpha value is -2.33. The molecule has 5 heteroatoms. The number of hydrogen-bond acceptors (Lipinski definition) is 4. The summed E-state index contributed by atoms with van der Waals surface area (Å²) in [6, 6.07) is 0. The monoisotopic (exact) mass is 396 g/mol. The number of carbonyl (C=O) groups excluding carboxylic acids is 2. The Bertz CT molecular complexity index is 608. The van der Waals surface area contributed by atoms with Crippen LogP contribution in [0.2, 0.25) is 0 Å². The Labute approximate surface area is 169 Å². The third-order valence-electron chi connectivity index (χ3n) is 2.71. The molecule has 0 amide bonds. The molecule has 4 nitrogen and oxygen atoms in total. The zero-order valence-electron chi connectivity index (χ0n) is 16.3. The summed E-state index contributed by atoms with van der Waals surface area (Å²) in [4.78, 5) is 24.2. The number of carbonyl (C=O) groups is 2. The lowest BCUT2D eigenvalue weighted by molar-refractivity contribution is -0.147. The SMILES string of the molecule is C.C=C/C=C\C(=C/C)C(=O)C(=C/C(=C)Cl)/C(=C\C)OCC(=O)OCC.CC. The van der Waals surface area contributed by atoms with Gasteiger partial charge >= 0.3 is 5.97 Å². The molecule has 27 heavy (non-hydrogen) atoms. The second-order valence-electron chi connectivity index (χ2n) is 4.42. The van der Waals surface area contributed by atoms with E-state index in [-0.39, 0.29) is 42.8 Å². The van der Waals surface area contributed by atoms with Crippen LogP contribution in [-0.4, -0.2) is 25.0 Å². The molecule has 0 fully saturated rings. The van der Waals surface area contributed by atoms with E-state index in [1.165, 1.54) is 6.08 Å². The fourth-order valence-electron chi connectivity index (χ4n) is 1.69. The van der Waals surface area contributed by atoms with Gasteiger partial charge in [-0.15, -0.1) is 0 Å². The summed E-state index contributed by atoms with van der Waals surface area (Å²) in [6.07, 6.45) is 9.47. The molecule has 0 aromatic rings. The fraction of sp³-hybridized carbons (Fsp3) is 0.364. The molecule has 0 atom stereocenters. The number of ether oxygens (including phenoxy) is 2. The van der Waals surface area contributed by atoms with Crippen LogP contribution in [-0.2, 0) is 19.1 Å². The van der Waals surface area contributed by atoms with Crippen LogP contribution in [0.4, 0.5) is 0 Å². The van der Waals surface area contributed by atoms with Gasteiger partial charge in [0, 0.05) is 10.6 Å². The van der Waals surface area contributed by atoms with Crippen molar-refractivity contribution < 1.29 is 19.1 Å². The Morgan fingerprint density at radius 3 is 2.11 bits per heavy atom. The highest BCUT2D eigenvalue weighted by Crippen LogP contribution is 2.21. The van der Waals surface area contributed by atoms with Gasteiger partial charge in [0.15, 0.2) is 12.4 Å². The zero-order valence-corrected chi connectivity index (χ0v) is 17.1. The Morgan fingerprint density at radius 2 is 1.70 bits per heavy atom. The first-order valence-corrected chi connectivity index (χ1v) is 8.80. The molecule has 0 rings (SSSR count). The second-order valence-corrected chi connectivity index (χ2v) is 4.90. The molecule has 0 aliphatic heterocycles. The van der Waals surface area contributed by atoms with Gasteiger partial charge < -0.3 is 9.47 Å². The third-order valence-corrected chi connectivity index (χ3v) is 2.82. The topological polar surface area (TPSA) is 52.6 Å². The molecule has 0 heterocycles. The molecule has 0 N–H and O–H groups in total. The van der Waals surface area contributed by atoms with E-state index >= 15 is 0 Å². The Morgan fingerprint density at radius 1 is 1.11 bits per heavy atom. The molecule has 0 spiro atoms. The van der Waals surface area contributed by atoms with E-state index in [2.05, 4.69) is 13.2 Å². The summed E-state index contributed by atoms with van der Waals surface area (Å²) in [5.41, 5.74) is 0.627. The fourth-order valence-corrected chi connectivity index (χ4v) is 1.80. The van der Waals surface area contributed by atoms with Gasteiger partial charge in [-0.25, -0.2) is 4.79 Å². The molecular formula is C22H33ClO4. The van der Waals surface area contributed by atoms with Gasteiger partial charge in [0.05, 0.1) is 12.2 Å². The van der Waals surface area contributed by atoms with Gasteiger partial charge in [0.25, 0.3) is 0 Å². The zero-order chi connectivity index (χ0) is 20.5. The van der Waals surface area contributed by atoms with Gasteiger partial charge in [0.2, 0.25) is 0 Å². The number of allylic oxidation sites excluding steroid dienone is 9. The maximum atomic E-state index is 12.7. The second kappa shape index (κ2) is 18.5. The standard InChI is InChI=1S/C19H23ClO4.C2H6.CH4/c1-6-10-11-15(7-2)19(22)16(12-14(5)20)17(8-3)24-13-18(21)23-9-4;1-2;/h6-8,10-12H,1,5,9,13H2,2-4H3;1-2H3;1H4/b11-10-,15-7+,16-12+,17-8+;;. The molecule has 0 unspecified atom stereocenters. The van der Waals surface area contributed by atoms with Crippen LogP contribution < -0.4 is 0 Å². The van der Waals surface area contributed by atoms with Crippen LogP contribution in [0.15, 0.2) is 71.6 Å². The van der Waals surface area contributed by atoms with E-state index < -0.39 is 5.97 Å². The van der Waals surface area contributed by atoms with Crippen LogP contribution in [0.3, 0.4) is 0 Å². The molecule has 0 aromatic carbocycles. The van der Waals surface area contributed by atoms with Gasteiger partial charge in [0.1, 0.15) is 5.76 Å². The molecule has 0 saturated carbocycles. The van der Waals surface area contributed by atoms with Crippen molar-refractivity contribution in [1.29, 1.82) is 0 Å². The van der Waals surface area contributed by atoms with Crippen LogP contribution in [0.25, 0.3) is 0 Å². The van der Waals surface area contributed by atoms with Crippen LogP contribution in [0, 0.1) is 0 Å². The van der Waals surface area contributed by atoms with Crippen molar-refractivity contribution in [3.05, 3.63) is 71.6 Å². The molecule has 0 aromatic heterocycles. The predicted octanol–water partition coefficient (Wildman–Crippen LogP) is 6.07. The Kier molecular flexibility index (Phi) is 20.1. The molecule has 0 radical (unpaired) electrons. The van der Waals surface area contributed by atoms with Crippen LogP contribution in [0.5, 0.6) is 0 Å². The lowest BCUT2D eigenvalue weighted by Crippen LogP contribution is -2.16. The minimum Gasteiger partial charge on any atom is -0.481 e. The minimum absolute atomic E-state index is 0. The number of ketones is 1. The normalized spacial score (nSPS) is 11.7. The average Bonchev–Trinajstić information content (AvgIpc) is 2.63. The maximum absolute atomic E-state index is 12.7. The Balaban J connectivity index is -0.00000185. The first-order valence-electron chi connectivity index (χ1n) is 8.42. The largest absolute Gasteiger partial charge is 0.481 e. The van der Waals surface area contributed by atoms with Crippen LogP contribution in [0.1, 0.15) is 42.0 Å². The summed E-state index contributed by atoms with van der Waals surface area (Å²) < 4.78 is 10.2. The number of Topliss-reactive ketones (excluding diaryl/α,β-unsaturated/α-hetero) is 1. The summed E-state index contributed by atoms with van der Waals surface area (Å²) in [5.74, 6) is -0.610. The molecule has 0 aliphatic carbocycles. The number of esters is 1. The van der Waals surface area contributed by atoms with Crippen molar-refractivity contribution in [1.82, 2.24) is 0 Å². The average molecular weight is 397 g/mol. The molecule has 0 bridgehead atoms. The minimum atomic E-state index is -0.522. The third kappa shape index (κ3) is 12.6. The highest BCUT2D eigenvalue weighted by molar-refractivity contribution is 6.31. The van der Waals surface area contributed by atoms with E-state index in [1.807, 2.05) is 13.8 Å². The summed E-state index contributed by atoms with van der Waals surface area (Å²) >= 11 is 5.83. The van der Waals surface area contributed by atoms with E-state index in [4.69, 9.17) is 21.1 Å². The smallest absolute Gasteiger partial charge is 0.344 e. The highest BCUT2D eigenvalue weighted by atomic mass is 35.5. The van der Waals surface area contributed by atoms with E-state index in [1.54, 1.807) is 51.2 Å². The van der Waals surface area contributed by atoms with Gasteiger partial charge in [-0.05, 0) is 32.9 Å².